The smallest absolute Gasteiger partial charge is 0.0874 e. The van der Waals surface area contributed by atoms with Gasteiger partial charge in [0.05, 0.1) is 15.8 Å². The highest BCUT2D eigenvalue weighted by Crippen LogP contribution is 2.31. The van der Waals surface area contributed by atoms with Gasteiger partial charge in [-0.2, -0.15) is 0 Å². The predicted molar refractivity (Wildman–Crippen MR) is 90.2 cm³/mol. The van der Waals surface area contributed by atoms with Crippen LogP contribution in [-0.4, -0.2) is 0 Å². The van der Waals surface area contributed by atoms with Crippen LogP contribution in [-0.2, 0) is 21.6 Å². The first-order chi connectivity index (χ1) is 8.14. The van der Waals surface area contributed by atoms with E-state index in [0.717, 1.165) is 0 Å². The molecule has 0 aliphatic heterocycles. The molecule has 0 aromatic heterocycles. The van der Waals surface area contributed by atoms with E-state index in [1.54, 1.807) is 0 Å². The van der Waals surface area contributed by atoms with Gasteiger partial charge in [0.2, 0.25) is 0 Å². The van der Waals surface area contributed by atoms with Crippen LogP contribution in [0.1, 0.15) is 58.2 Å². The zero-order valence-corrected chi connectivity index (χ0v) is 15.1. The first kappa shape index (κ1) is 16.3. The van der Waals surface area contributed by atoms with Crippen molar-refractivity contribution in [3.05, 3.63) is 34.9 Å². The fourth-order valence-corrected chi connectivity index (χ4v) is 2.29. The highest BCUT2D eigenvalue weighted by molar-refractivity contribution is 14.2. The Kier molecular flexibility index (Phi) is 5.57. The summed E-state index contributed by atoms with van der Waals surface area (Å²) >= 11 is 2.16. The molecule has 18 heavy (non-hydrogen) atoms. The van der Waals surface area contributed by atoms with Crippen molar-refractivity contribution in [2.75, 3.05) is 0 Å². The first-order valence-corrected chi connectivity index (χ1v) is 9.48. The maximum absolute atomic E-state index is 5.46. The minimum atomic E-state index is 0.174. The van der Waals surface area contributed by atoms with Crippen molar-refractivity contribution >= 4 is 30.4 Å². The normalized spacial score (nSPS) is 12.8. The summed E-state index contributed by atoms with van der Waals surface area (Å²) in [5.74, 6) is 0. The van der Waals surface area contributed by atoms with Crippen LogP contribution in [0.15, 0.2) is 18.2 Å². The Hall–Kier alpha value is 0.260. The summed E-state index contributed by atoms with van der Waals surface area (Å²) < 4.78 is 5.46. The first-order valence-electron chi connectivity index (χ1n) is 6.20. The average Bonchev–Trinajstić information content (AvgIpc) is 2.23. The second kappa shape index (κ2) is 6.14. The van der Waals surface area contributed by atoms with Crippen molar-refractivity contribution in [1.82, 2.24) is 0 Å². The van der Waals surface area contributed by atoms with Crippen molar-refractivity contribution in [2.24, 2.45) is 0 Å². The summed E-state index contributed by atoms with van der Waals surface area (Å²) in [6, 6.07) is 6.87. The van der Waals surface area contributed by atoms with E-state index in [1.807, 2.05) is 0 Å². The van der Waals surface area contributed by atoms with Crippen LogP contribution in [0.3, 0.4) is 0 Å². The summed E-state index contributed by atoms with van der Waals surface area (Å²) in [4.78, 5) is 0. The Morgan fingerprint density at radius 3 is 1.72 bits per heavy atom. The van der Waals surface area contributed by atoms with E-state index in [0.29, 0.717) is 6.61 Å². The molecule has 0 atom stereocenters. The summed E-state index contributed by atoms with van der Waals surface area (Å²) in [5, 5.41) is 0. The lowest BCUT2D eigenvalue weighted by Gasteiger charge is -2.26. The van der Waals surface area contributed by atoms with Gasteiger partial charge in [0, 0.05) is 21.2 Å². The molecule has 0 bridgehead atoms. The third-order valence-electron chi connectivity index (χ3n) is 2.99. The van der Waals surface area contributed by atoms with Crippen LogP contribution in [0.5, 0.6) is 0 Å². The van der Waals surface area contributed by atoms with Crippen molar-refractivity contribution in [1.29, 1.82) is 0 Å². The minimum absolute atomic E-state index is 0.174. The third-order valence-corrected chi connectivity index (χ3v) is 3.96. The maximum atomic E-state index is 5.46. The molecule has 0 saturated heterocycles. The fourth-order valence-electron chi connectivity index (χ4n) is 1.73. The van der Waals surface area contributed by atoms with Crippen LogP contribution in [0.2, 0.25) is 0 Å². The number of halogens is 1. The van der Waals surface area contributed by atoms with Gasteiger partial charge in [-0.15, -0.1) is 0 Å². The van der Waals surface area contributed by atoms with Gasteiger partial charge >= 0.3 is 0 Å². The zero-order valence-electron chi connectivity index (χ0n) is 12.1. The van der Waals surface area contributed by atoms with Crippen LogP contribution in [0, 0.1) is 0 Å². The maximum Gasteiger partial charge on any atom is 0.0874 e. The molecule has 0 saturated carbocycles. The molecule has 1 aromatic rings. The molecule has 0 amide bonds. The van der Waals surface area contributed by atoms with Crippen molar-refractivity contribution < 1.29 is 4.18 Å². The monoisotopic (exact) mass is 378 g/mol. The summed E-state index contributed by atoms with van der Waals surface area (Å²) in [5.41, 5.74) is 4.37. The molecular formula is C15H23IOS. The molecule has 3 heteroatoms. The second-order valence-corrected chi connectivity index (χ2v) is 8.18. The lowest BCUT2D eigenvalue weighted by atomic mass is 9.79. The second-order valence-electron chi connectivity index (χ2n) is 6.74. The molecule has 0 radical (unpaired) electrons. The number of rotatable bonds is 3. The van der Waals surface area contributed by atoms with E-state index in [1.165, 1.54) is 25.9 Å². The Bertz CT molecular complexity index is 370. The standard InChI is InChI=1S/C15H23IOS/c1-14(2,3)12-7-11(10-17-18-16)8-13(9-12)15(4,5)6/h7-9H,10H2,1-6H3. The van der Waals surface area contributed by atoms with E-state index < -0.39 is 0 Å². The van der Waals surface area contributed by atoms with Crippen molar-refractivity contribution in [3.8, 4) is 0 Å². The zero-order chi connectivity index (χ0) is 14.0. The Balaban J connectivity index is 3.21. The minimum Gasteiger partial charge on any atom is -0.301 e. The quantitative estimate of drug-likeness (QED) is 0.486. The molecule has 0 spiro atoms. The molecule has 0 heterocycles. The van der Waals surface area contributed by atoms with E-state index in [9.17, 15) is 0 Å². The van der Waals surface area contributed by atoms with Gasteiger partial charge in [0.1, 0.15) is 0 Å². The summed E-state index contributed by atoms with van der Waals surface area (Å²) in [6.45, 7) is 14.2. The average molecular weight is 378 g/mol. The van der Waals surface area contributed by atoms with E-state index in [-0.39, 0.29) is 10.8 Å². The molecule has 102 valence electrons. The summed E-state index contributed by atoms with van der Waals surface area (Å²) in [6.07, 6.45) is 0. The SMILES string of the molecule is CC(C)(C)c1cc(COSI)cc(C(C)(C)C)c1. The molecule has 1 nitrogen and oxygen atoms in total. The van der Waals surface area contributed by atoms with Gasteiger partial charge in [-0.05, 0) is 27.5 Å². The Morgan fingerprint density at radius 1 is 0.944 bits per heavy atom. The van der Waals surface area contributed by atoms with E-state index in [4.69, 9.17) is 4.18 Å². The van der Waals surface area contributed by atoms with Gasteiger partial charge in [0.15, 0.2) is 0 Å². The highest BCUT2D eigenvalue weighted by Gasteiger charge is 2.20. The van der Waals surface area contributed by atoms with Gasteiger partial charge < -0.3 is 4.18 Å². The van der Waals surface area contributed by atoms with Gasteiger partial charge in [-0.25, -0.2) is 0 Å². The van der Waals surface area contributed by atoms with Crippen LogP contribution >= 0.6 is 30.4 Å². The van der Waals surface area contributed by atoms with Crippen LogP contribution < -0.4 is 0 Å². The molecular weight excluding hydrogens is 355 g/mol. The molecule has 0 unspecified atom stereocenters. The van der Waals surface area contributed by atoms with Gasteiger partial charge in [-0.3, -0.25) is 0 Å². The Labute approximate surface area is 128 Å². The summed E-state index contributed by atoms with van der Waals surface area (Å²) in [7, 11) is 1.39. The van der Waals surface area contributed by atoms with E-state index >= 15 is 0 Å². The number of hydrogen-bond acceptors (Lipinski definition) is 2. The molecule has 0 aliphatic rings. The molecule has 1 rings (SSSR count). The topological polar surface area (TPSA) is 9.23 Å². The third kappa shape index (κ3) is 4.74. The Morgan fingerprint density at radius 2 is 1.39 bits per heavy atom. The fraction of sp³-hybridized carbons (Fsp3) is 0.600. The van der Waals surface area contributed by atoms with E-state index in [2.05, 4.69) is 80.9 Å². The number of benzene rings is 1. The predicted octanol–water partition coefficient (Wildman–Crippen LogP) is 5.80. The van der Waals surface area contributed by atoms with Crippen molar-refractivity contribution in [2.45, 2.75) is 59.0 Å². The molecule has 0 fully saturated rings. The largest absolute Gasteiger partial charge is 0.301 e. The lowest BCUT2D eigenvalue weighted by Crippen LogP contribution is -2.17. The number of hydrogen-bond donors (Lipinski definition) is 0. The van der Waals surface area contributed by atoms with Crippen molar-refractivity contribution in [3.63, 3.8) is 0 Å². The van der Waals surface area contributed by atoms with Gasteiger partial charge in [0.25, 0.3) is 0 Å². The lowest BCUT2D eigenvalue weighted by molar-refractivity contribution is 0.369. The molecule has 1 aromatic carbocycles. The van der Waals surface area contributed by atoms with Crippen LogP contribution in [0.4, 0.5) is 0 Å². The molecule has 0 aliphatic carbocycles. The molecule has 0 N–H and O–H groups in total. The highest BCUT2D eigenvalue weighted by atomic mass is 127. The van der Waals surface area contributed by atoms with Gasteiger partial charge in [-0.1, -0.05) is 59.7 Å². The van der Waals surface area contributed by atoms with Crippen LogP contribution in [0.25, 0.3) is 0 Å².